The molecule has 0 radical (unpaired) electrons. The number of amides is 5. The molecular weight excluding hydrogens is 1140 g/mol. The van der Waals surface area contributed by atoms with E-state index >= 15 is 0 Å². The summed E-state index contributed by atoms with van der Waals surface area (Å²) >= 11 is 2.78. The number of rotatable bonds is 25. The fourth-order valence-corrected chi connectivity index (χ4v) is 12.7. The number of carbonyl (C=O) groups is 6. The largest absolute Gasteiger partial charge is 0.477 e. The van der Waals surface area contributed by atoms with E-state index in [-0.39, 0.29) is 55.9 Å². The highest BCUT2D eigenvalue weighted by Gasteiger charge is 2.54. The number of anilines is 2. The Balaban J connectivity index is 0.634. The van der Waals surface area contributed by atoms with Crippen LogP contribution in [0.2, 0.25) is 0 Å². The zero-order valence-electron chi connectivity index (χ0n) is 48.6. The highest BCUT2D eigenvalue weighted by atomic mass is 32.2. The van der Waals surface area contributed by atoms with Gasteiger partial charge in [-0.1, -0.05) is 30.3 Å². The summed E-state index contributed by atoms with van der Waals surface area (Å²) in [5, 5.41) is 29.8. The number of aromatic nitrogens is 4. The van der Waals surface area contributed by atoms with Crippen LogP contribution in [0, 0.1) is 6.92 Å². The second kappa shape index (κ2) is 28.1. The van der Waals surface area contributed by atoms with E-state index in [0.717, 1.165) is 68.2 Å². The molecule has 5 aromatic carbocycles. The minimum absolute atomic E-state index is 0.0952. The molecule has 1 saturated heterocycles. The van der Waals surface area contributed by atoms with Crippen molar-refractivity contribution >= 4 is 104 Å². The number of nitrogens with one attached hydrogen (secondary N) is 4. The molecule has 10 rings (SSSR count). The second-order valence-corrected chi connectivity index (χ2v) is 23.0. The fraction of sp³-hybridized carbons (Fsp3) is 0.262. The molecule has 5 heterocycles. The molecule has 2 aliphatic heterocycles. The maximum absolute atomic E-state index is 13.4. The minimum atomic E-state index is -1.24. The fourth-order valence-electron chi connectivity index (χ4n) is 10.3. The number of hydrogen-bond donors (Lipinski definition) is 5. The number of pyridine rings is 2. The first-order valence-corrected chi connectivity index (χ1v) is 30.7. The van der Waals surface area contributed by atoms with Gasteiger partial charge in [0.1, 0.15) is 28.1 Å². The molecule has 0 spiro atoms. The van der Waals surface area contributed by atoms with E-state index in [1.54, 1.807) is 24.5 Å². The topological polar surface area (TPSA) is 248 Å². The van der Waals surface area contributed by atoms with E-state index in [2.05, 4.69) is 95.1 Å². The summed E-state index contributed by atoms with van der Waals surface area (Å²) in [6, 6.07) is 43.7. The standard InChI is InChI=1S/C65H65N13O7S2/c1-5-76(6-2)49-21-25-52-56(37-49)77(48-11-8-7-9-12-48)55-36-46(18-24-51(55)71-52)74-73-45-16-19-47(20-17-45)75(4)32-10-13-57(79)70-38-59(81)72-60-63(83)78-61(65(84)85)44(40-87-64(60)78)39-86-50-22-14-42(15-23-50)34-58(80)68-30-31-69-62(82)43-27-29-67-54(35-43)53-33-41(3)26-28-66-53/h7-9,11-12,14-29,33,35-37,60,64H,5-6,10,13,30-32,34,38-40H2,1-4H3,(H4-,68,69,70,72,79,80,81,82,84,85)/p+1. The number of aryl methyl sites for hydroxylation is 1. The smallest absolute Gasteiger partial charge is 0.352 e. The van der Waals surface area contributed by atoms with Gasteiger partial charge in [0, 0.05) is 116 Å². The first-order valence-electron chi connectivity index (χ1n) is 28.7. The molecule has 20 nitrogen and oxygen atoms in total. The second-order valence-electron chi connectivity index (χ2n) is 20.9. The van der Waals surface area contributed by atoms with Crippen molar-refractivity contribution in [3.63, 3.8) is 0 Å². The number of benzene rings is 5. The van der Waals surface area contributed by atoms with Crippen LogP contribution in [0.1, 0.15) is 48.2 Å². The molecule has 444 valence electrons. The molecule has 0 aliphatic carbocycles. The third kappa shape index (κ3) is 14.8. The zero-order chi connectivity index (χ0) is 61.0. The first kappa shape index (κ1) is 60.6. The molecule has 3 aromatic heterocycles. The molecule has 22 heteroatoms. The molecule has 2 aliphatic rings. The van der Waals surface area contributed by atoms with Crippen LogP contribution in [0.15, 0.2) is 178 Å². The molecular formula is C65H66N13O7S2+. The third-order valence-corrected chi connectivity index (χ3v) is 17.3. The number of thioether (sulfide) groups is 2. The number of fused-ring (bicyclic) bond motifs is 3. The lowest BCUT2D eigenvalue weighted by atomic mass is 10.0. The van der Waals surface area contributed by atoms with E-state index in [4.69, 9.17) is 4.98 Å². The van der Waals surface area contributed by atoms with Crippen molar-refractivity contribution in [2.45, 2.75) is 56.3 Å². The van der Waals surface area contributed by atoms with Gasteiger partial charge < -0.3 is 36.2 Å². The zero-order valence-corrected chi connectivity index (χ0v) is 50.2. The van der Waals surface area contributed by atoms with Crippen molar-refractivity contribution in [3.05, 3.63) is 180 Å². The van der Waals surface area contributed by atoms with Gasteiger partial charge >= 0.3 is 5.97 Å². The van der Waals surface area contributed by atoms with E-state index in [9.17, 15) is 33.9 Å². The van der Waals surface area contributed by atoms with Gasteiger partial charge in [-0.25, -0.2) is 9.78 Å². The molecule has 0 bridgehead atoms. The predicted molar refractivity (Wildman–Crippen MR) is 339 cm³/mol. The Bertz CT molecular complexity index is 3940. The molecule has 5 N–H and O–H groups in total. The third-order valence-electron chi connectivity index (χ3n) is 14.9. The first-order chi connectivity index (χ1) is 42.2. The number of β-lactam (4-membered cyclic amide) rings is 1. The van der Waals surface area contributed by atoms with Crippen LogP contribution < -0.4 is 35.6 Å². The predicted octanol–water partition coefficient (Wildman–Crippen LogP) is 8.64. The average Bonchev–Trinajstić information content (AvgIpc) is 0.946. The van der Waals surface area contributed by atoms with Crippen molar-refractivity contribution in [1.82, 2.24) is 41.1 Å². The van der Waals surface area contributed by atoms with Crippen molar-refractivity contribution in [2.75, 3.05) is 67.6 Å². The summed E-state index contributed by atoms with van der Waals surface area (Å²) < 4.78 is 2.23. The van der Waals surface area contributed by atoms with Gasteiger partial charge in [-0.15, -0.1) is 28.1 Å². The summed E-state index contributed by atoms with van der Waals surface area (Å²) in [6.07, 6.45) is 4.05. The maximum Gasteiger partial charge on any atom is 0.352 e. The highest BCUT2D eigenvalue weighted by Crippen LogP contribution is 2.42. The maximum atomic E-state index is 13.4. The molecule has 2 unspecified atom stereocenters. The van der Waals surface area contributed by atoms with Crippen LogP contribution in [0.5, 0.6) is 0 Å². The number of carbonyl (C=O) groups excluding carboxylic acids is 5. The van der Waals surface area contributed by atoms with Crippen LogP contribution in [0.25, 0.3) is 39.1 Å². The Morgan fingerprint density at radius 1 is 0.747 bits per heavy atom. The summed E-state index contributed by atoms with van der Waals surface area (Å²) in [6.45, 7) is 8.74. The van der Waals surface area contributed by atoms with Crippen molar-refractivity contribution in [3.8, 4) is 17.1 Å². The molecule has 87 heavy (non-hydrogen) atoms. The van der Waals surface area contributed by atoms with Gasteiger partial charge in [-0.2, -0.15) is 10.2 Å². The molecule has 1 fully saturated rings. The SMILES string of the molecule is CCN(CC)c1ccc2nc3ccc(N=Nc4ccc(N(C)CCCC(=O)NCC(=O)NC5C(=O)N6C(C(=O)O)=C(CSc7ccc(CC(=O)NCCNC(=O)c8ccnc(-c9cc(C)ccn9)c8)cc7)CSC56)cc4)cc3[n+](-c3ccccc3)c2c1. The summed E-state index contributed by atoms with van der Waals surface area (Å²) in [5.74, 6) is -2.51. The molecule has 0 saturated carbocycles. The van der Waals surface area contributed by atoms with E-state index in [1.807, 2.05) is 116 Å². The monoisotopic (exact) mass is 1200 g/mol. The van der Waals surface area contributed by atoms with E-state index < -0.39 is 29.2 Å². The summed E-state index contributed by atoms with van der Waals surface area (Å²) in [4.78, 5) is 97.4. The Morgan fingerprint density at radius 2 is 1.43 bits per heavy atom. The highest BCUT2D eigenvalue weighted by molar-refractivity contribution is 8.01. The van der Waals surface area contributed by atoms with Crippen molar-refractivity contribution in [2.24, 2.45) is 10.2 Å². The van der Waals surface area contributed by atoms with E-state index in [1.165, 1.54) is 28.4 Å². The van der Waals surface area contributed by atoms with Gasteiger partial charge in [0.25, 0.3) is 11.8 Å². The quantitative estimate of drug-likeness (QED) is 0.00898. The normalized spacial score (nSPS) is 14.6. The number of hydrogen-bond acceptors (Lipinski definition) is 15. The van der Waals surface area contributed by atoms with Crippen LogP contribution in [-0.2, 0) is 30.4 Å². The number of azo groups is 1. The van der Waals surface area contributed by atoms with Gasteiger partial charge in [-0.3, -0.25) is 38.8 Å². The molecule has 8 aromatic rings. The molecule has 2 atom stereocenters. The number of carboxylic acids is 1. The Morgan fingerprint density at radius 3 is 2.16 bits per heavy atom. The number of para-hydroxylation sites is 1. The van der Waals surface area contributed by atoms with Gasteiger partial charge in [0.2, 0.25) is 34.4 Å². The Hall–Kier alpha value is -9.54. The van der Waals surface area contributed by atoms with Crippen LogP contribution in [0.4, 0.5) is 22.7 Å². The van der Waals surface area contributed by atoms with Gasteiger partial charge in [-0.05, 0) is 129 Å². The average molecular weight is 1210 g/mol. The van der Waals surface area contributed by atoms with Crippen LogP contribution in [0.3, 0.4) is 0 Å². The van der Waals surface area contributed by atoms with E-state index in [0.29, 0.717) is 58.4 Å². The Kier molecular flexibility index (Phi) is 19.6. The summed E-state index contributed by atoms with van der Waals surface area (Å²) in [5.41, 5.74) is 12.0. The lowest BCUT2D eigenvalue weighted by Gasteiger charge is -2.49. The minimum Gasteiger partial charge on any atom is -0.477 e. The molecule has 5 amide bonds. The number of nitrogens with zero attached hydrogens (tertiary/aromatic N) is 9. The Labute approximate surface area is 512 Å². The van der Waals surface area contributed by atoms with Crippen LogP contribution >= 0.6 is 23.5 Å². The van der Waals surface area contributed by atoms with Gasteiger partial charge in [0.15, 0.2) is 0 Å². The lowest BCUT2D eigenvalue weighted by molar-refractivity contribution is -0.538. The number of aliphatic carboxylic acids is 1. The van der Waals surface area contributed by atoms with Crippen molar-refractivity contribution in [1.29, 1.82) is 0 Å². The van der Waals surface area contributed by atoms with Crippen LogP contribution in [-0.4, -0.2) is 130 Å². The number of carboxylic acid groups (broad SMARTS) is 1. The lowest BCUT2D eigenvalue weighted by Crippen LogP contribution is -2.71. The van der Waals surface area contributed by atoms with Gasteiger partial charge in [0.05, 0.1) is 35.7 Å². The summed E-state index contributed by atoms with van der Waals surface area (Å²) in [7, 11) is 1.93. The van der Waals surface area contributed by atoms with Crippen molar-refractivity contribution < 1.29 is 38.4 Å².